The van der Waals surface area contributed by atoms with Crippen LogP contribution in [0.1, 0.15) is 21.5 Å². The van der Waals surface area contributed by atoms with Crippen molar-refractivity contribution < 1.29 is 13.2 Å². The maximum absolute atomic E-state index is 13.2. The van der Waals surface area contributed by atoms with E-state index < -0.39 is 10.0 Å². The van der Waals surface area contributed by atoms with Crippen molar-refractivity contribution in [3.63, 3.8) is 0 Å². The molecule has 1 saturated heterocycles. The maximum atomic E-state index is 13.2. The summed E-state index contributed by atoms with van der Waals surface area (Å²) in [6.45, 7) is 5.49. The van der Waals surface area contributed by atoms with Crippen molar-refractivity contribution in [3.05, 3.63) is 89.5 Å². The van der Waals surface area contributed by atoms with Gasteiger partial charge in [-0.3, -0.25) is 9.52 Å². The Morgan fingerprint density at radius 1 is 0.970 bits per heavy atom. The molecule has 1 heterocycles. The quantitative estimate of drug-likeness (QED) is 0.500. The third-order valence-electron chi connectivity index (χ3n) is 5.58. The molecule has 0 aliphatic carbocycles. The highest BCUT2D eigenvalue weighted by Crippen LogP contribution is 2.27. The fourth-order valence-electron chi connectivity index (χ4n) is 3.77. The molecule has 8 heteroatoms. The summed E-state index contributed by atoms with van der Waals surface area (Å²) in [5.74, 6) is -0.247. The molecule has 0 radical (unpaired) electrons. The summed E-state index contributed by atoms with van der Waals surface area (Å²) in [7, 11) is -3.77. The zero-order valence-electron chi connectivity index (χ0n) is 18.5. The molecular weight excluding hydrogens is 436 g/mol. The molecule has 0 unspecified atom stereocenters. The Labute approximate surface area is 194 Å². The topological polar surface area (TPSA) is 90.5 Å². The van der Waals surface area contributed by atoms with Crippen LogP contribution in [-0.4, -0.2) is 40.5 Å². The average molecular weight is 465 g/mol. The van der Waals surface area contributed by atoms with Crippen LogP contribution < -0.4 is 20.3 Å². The Morgan fingerprint density at radius 2 is 1.67 bits per heavy atom. The first-order chi connectivity index (χ1) is 15.9. The van der Waals surface area contributed by atoms with E-state index in [9.17, 15) is 13.2 Å². The number of sulfonamides is 1. The van der Waals surface area contributed by atoms with Gasteiger partial charge >= 0.3 is 0 Å². The Morgan fingerprint density at radius 3 is 2.36 bits per heavy atom. The second-order valence-electron chi connectivity index (χ2n) is 8.06. The number of hydrogen-bond acceptors (Lipinski definition) is 5. The van der Waals surface area contributed by atoms with Crippen LogP contribution in [-0.2, 0) is 16.6 Å². The van der Waals surface area contributed by atoms with Crippen LogP contribution in [0.3, 0.4) is 0 Å². The van der Waals surface area contributed by atoms with E-state index in [1.807, 2.05) is 43.3 Å². The van der Waals surface area contributed by atoms with Crippen LogP contribution in [0.25, 0.3) is 0 Å². The van der Waals surface area contributed by atoms with Crippen LogP contribution >= 0.6 is 0 Å². The maximum Gasteiger partial charge on any atom is 0.261 e. The Balaban J connectivity index is 1.61. The zero-order valence-corrected chi connectivity index (χ0v) is 19.4. The van der Waals surface area contributed by atoms with Gasteiger partial charge in [-0.2, -0.15) is 0 Å². The molecule has 0 aromatic heterocycles. The predicted octanol–water partition coefficient (Wildman–Crippen LogP) is 3.14. The molecular formula is C25H28N4O3S. The second kappa shape index (κ2) is 10.1. The van der Waals surface area contributed by atoms with Crippen LogP contribution in [0.5, 0.6) is 0 Å². The third kappa shape index (κ3) is 5.71. The Bertz CT molecular complexity index is 1210. The minimum Gasteiger partial charge on any atom is -0.368 e. The first-order valence-corrected chi connectivity index (χ1v) is 12.4. The molecule has 172 valence electrons. The number of hydrogen-bond donors (Lipinski definition) is 3. The highest BCUT2D eigenvalue weighted by Gasteiger charge is 2.21. The molecule has 3 N–H and O–H groups in total. The number of anilines is 2. The van der Waals surface area contributed by atoms with Gasteiger partial charge in [0.1, 0.15) is 0 Å². The van der Waals surface area contributed by atoms with Gasteiger partial charge in [0.2, 0.25) is 0 Å². The Kier molecular flexibility index (Phi) is 6.96. The van der Waals surface area contributed by atoms with Crippen molar-refractivity contribution in [2.75, 3.05) is 35.8 Å². The van der Waals surface area contributed by atoms with Gasteiger partial charge in [0.15, 0.2) is 0 Å². The van der Waals surface area contributed by atoms with Crippen molar-refractivity contribution in [2.24, 2.45) is 0 Å². The van der Waals surface area contributed by atoms with Crippen molar-refractivity contribution >= 4 is 27.3 Å². The van der Waals surface area contributed by atoms with E-state index in [1.54, 1.807) is 36.4 Å². The van der Waals surface area contributed by atoms with E-state index in [4.69, 9.17) is 0 Å². The number of nitrogens with one attached hydrogen (secondary N) is 3. The molecule has 0 spiro atoms. The summed E-state index contributed by atoms with van der Waals surface area (Å²) in [6, 6.07) is 21.5. The number of carbonyl (C=O) groups is 1. The molecule has 0 bridgehead atoms. The SMILES string of the molecule is Cc1ccc(S(=O)(=O)Nc2ccc(N3CCNCC3)c(C(=O)NCc3ccccc3)c2)cc1. The lowest BCUT2D eigenvalue weighted by Gasteiger charge is -2.31. The minimum absolute atomic E-state index is 0.175. The van der Waals surface area contributed by atoms with Crippen molar-refractivity contribution in [2.45, 2.75) is 18.4 Å². The van der Waals surface area contributed by atoms with Gasteiger partial charge in [0.25, 0.3) is 15.9 Å². The molecule has 0 saturated carbocycles. The highest BCUT2D eigenvalue weighted by molar-refractivity contribution is 7.92. The van der Waals surface area contributed by atoms with Gasteiger partial charge in [-0.1, -0.05) is 48.0 Å². The van der Waals surface area contributed by atoms with Crippen molar-refractivity contribution in [3.8, 4) is 0 Å². The average Bonchev–Trinajstić information content (AvgIpc) is 2.84. The van der Waals surface area contributed by atoms with Crippen LogP contribution in [0.4, 0.5) is 11.4 Å². The van der Waals surface area contributed by atoms with Gasteiger partial charge < -0.3 is 15.5 Å². The predicted molar refractivity (Wildman–Crippen MR) is 131 cm³/mol. The van der Waals surface area contributed by atoms with Crippen molar-refractivity contribution in [1.29, 1.82) is 0 Å². The fraction of sp³-hybridized carbons (Fsp3) is 0.240. The smallest absolute Gasteiger partial charge is 0.261 e. The molecule has 1 aliphatic heterocycles. The zero-order chi connectivity index (χ0) is 23.3. The fourth-order valence-corrected chi connectivity index (χ4v) is 4.82. The normalized spacial score (nSPS) is 14.0. The van der Waals surface area contributed by atoms with Crippen LogP contribution in [0.2, 0.25) is 0 Å². The molecule has 1 amide bonds. The number of amides is 1. The van der Waals surface area contributed by atoms with Crippen LogP contribution in [0.15, 0.2) is 77.7 Å². The number of benzene rings is 3. The van der Waals surface area contributed by atoms with E-state index in [-0.39, 0.29) is 10.8 Å². The lowest BCUT2D eigenvalue weighted by Crippen LogP contribution is -2.44. The van der Waals surface area contributed by atoms with E-state index in [1.165, 1.54) is 0 Å². The molecule has 4 rings (SSSR count). The third-order valence-corrected chi connectivity index (χ3v) is 6.98. The first kappa shape index (κ1) is 22.8. The molecule has 7 nitrogen and oxygen atoms in total. The van der Waals surface area contributed by atoms with E-state index >= 15 is 0 Å². The highest BCUT2D eigenvalue weighted by atomic mass is 32.2. The largest absolute Gasteiger partial charge is 0.368 e. The van der Waals surface area contributed by atoms with Crippen LogP contribution in [0, 0.1) is 6.92 Å². The monoisotopic (exact) mass is 464 g/mol. The second-order valence-corrected chi connectivity index (χ2v) is 9.74. The lowest BCUT2D eigenvalue weighted by molar-refractivity contribution is 0.0951. The lowest BCUT2D eigenvalue weighted by atomic mass is 10.1. The summed E-state index contributed by atoms with van der Waals surface area (Å²) in [6.07, 6.45) is 0. The molecule has 3 aromatic rings. The standard InChI is InChI=1S/C25H28N4O3S/c1-19-7-10-22(11-8-19)33(31,32)28-21-9-12-24(29-15-13-26-14-16-29)23(17-21)25(30)27-18-20-5-3-2-4-6-20/h2-12,17,26,28H,13-16,18H2,1H3,(H,27,30). The Hall–Kier alpha value is -3.36. The summed E-state index contributed by atoms with van der Waals surface area (Å²) < 4.78 is 28.3. The molecule has 3 aromatic carbocycles. The number of rotatable bonds is 7. The summed E-state index contributed by atoms with van der Waals surface area (Å²) in [4.78, 5) is 15.5. The number of piperazine rings is 1. The summed E-state index contributed by atoms with van der Waals surface area (Å²) in [5.41, 5.74) is 3.55. The van der Waals surface area contributed by atoms with Gasteiger partial charge in [-0.15, -0.1) is 0 Å². The molecule has 33 heavy (non-hydrogen) atoms. The number of aryl methyl sites for hydroxylation is 1. The van der Waals surface area contributed by atoms with E-state index in [2.05, 4.69) is 20.3 Å². The van der Waals surface area contributed by atoms with Gasteiger partial charge in [-0.05, 0) is 42.8 Å². The van der Waals surface area contributed by atoms with Crippen molar-refractivity contribution in [1.82, 2.24) is 10.6 Å². The first-order valence-electron chi connectivity index (χ1n) is 10.9. The summed E-state index contributed by atoms with van der Waals surface area (Å²) in [5, 5.41) is 6.27. The van der Waals surface area contributed by atoms with E-state index in [0.29, 0.717) is 17.8 Å². The van der Waals surface area contributed by atoms with Gasteiger partial charge in [0.05, 0.1) is 10.5 Å². The molecule has 1 aliphatic rings. The van der Waals surface area contributed by atoms with Gasteiger partial charge in [-0.25, -0.2) is 8.42 Å². The summed E-state index contributed by atoms with van der Waals surface area (Å²) >= 11 is 0. The molecule has 0 atom stereocenters. The molecule has 1 fully saturated rings. The number of carbonyl (C=O) groups excluding carboxylic acids is 1. The van der Waals surface area contributed by atoms with Gasteiger partial charge in [0, 0.05) is 44.1 Å². The van der Waals surface area contributed by atoms with E-state index in [0.717, 1.165) is 43.0 Å². The minimum atomic E-state index is -3.77. The number of nitrogens with zero attached hydrogens (tertiary/aromatic N) is 1.